The Hall–Kier alpha value is -1.67. The van der Waals surface area contributed by atoms with Crippen LogP contribution in [0, 0.1) is 12.7 Å². The van der Waals surface area contributed by atoms with E-state index in [0.29, 0.717) is 11.3 Å². The van der Waals surface area contributed by atoms with Crippen molar-refractivity contribution in [1.82, 2.24) is 4.98 Å². The lowest BCUT2D eigenvalue weighted by atomic mass is 10.3. The SMILES string of the molecule is Cc1cnccc1NS(=O)(=O)c1cc(N)cc(Br)c1F. The Morgan fingerprint density at radius 1 is 1.40 bits per heavy atom. The van der Waals surface area contributed by atoms with Crippen LogP contribution in [0.25, 0.3) is 0 Å². The molecule has 20 heavy (non-hydrogen) atoms. The summed E-state index contributed by atoms with van der Waals surface area (Å²) in [6.07, 6.45) is 2.94. The van der Waals surface area contributed by atoms with Crippen LogP contribution in [0.5, 0.6) is 0 Å². The highest BCUT2D eigenvalue weighted by molar-refractivity contribution is 9.10. The molecule has 106 valence electrons. The third-order valence-electron chi connectivity index (χ3n) is 2.57. The van der Waals surface area contributed by atoms with Gasteiger partial charge in [0.2, 0.25) is 0 Å². The fourth-order valence-electron chi connectivity index (χ4n) is 1.57. The van der Waals surface area contributed by atoms with Gasteiger partial charge in [-0.15, -0.1) is 0 Å². The van der Waals surface area contributed by atoms with E-state index in [0.717, 1.165) is 6.07 Å². The van der Waals surface area contributed by atoms with Crippen LogP contribution in [-0.4, -0.2) is 13.4 Å². The lowest BCUT2D eigenvalue weighted by molar-refractivity contribution is 0.567. The number of halogens is 2. The molecule has 1 aromatic carbocycles. The number of aryl methyl sites for hydroxylation is 1. The highest BCUT2D eigenvalue weighted by atomic mass is 79.9. The van der Waals surface area contributed by atoms with E-state index in [4.69, 9.17) is 5.73 Å². The number of sulfonamides is 1. The molecule has 0 radical (unpaired) electrons. The first-order valence-electron chi connectivity index (χ1n) is 5.49. The standard InChI is InChI=1S/C12H11BrFN3O2S/c1-7-6-16-3-2-10(7)17-20(18,19)11-5-8(15)4-9(13)12(11)14/h2-6H,15H2,1H3,(H,16,17). The summed E-state index contributed by atoms with van der Waals surface area (Å²) in [6.45, 7) is 1.69. The summed E-state index contributed by atoms with van der Waals surface area (Å²) in [7, 11) is -4.07. The molecule has 0 aliphatic carbocycles. The lowest BCUT2D eigenvalue weighted by Crippen LogP contribution is -2.16. The molecule has 0 aliphatic rings. The van der Waals surface area contributed by atoms with Crippen molar-refractivity contribution in [1.29, 1.82) is 0 Å². The quantitative estimate of drug-likeness (QED) is 0.825. The number of pyridine rings is 1. The molecule has 0 atom stereocenters. The number of nitrogens with one attached hydrogen (secondary N) is 1. The van der Waals surface area contributed by atoms with Gasteiger partial charge < -0.3 is 5.73 Å². The Bertz CT molecular complexity index is 765. The largest absolute Gasteiger partial charge is 0.399 e. The summed E-state index contributed by atoms with van der Waals surface area (Å²) in [5.74, 6) is -0.890. The van der Waals surface area contributed by atoms with Crippen LogP contribution in [0.3, 0.4) is 0 Å². The van der Waals surface area contributed by atoms with Gasteiger partial charge >= 0.3 is 0 Å². The average molecular weight is 360 g/mol. The molecular weight excluding hydrogens is 349 g/mol. The topological polar surface area (TPSA) is 85.1 Å². The minimum absolute atomic E-state index is 0.00988. The third-order valence-corrected chi connectivity index (χ3v) is 4.51. The maximum Gasteiger partial charge on any atom is 0.264 e. The number of hydrogen-bond acceptors (Lipinski definition) is 4. The normalized spacial score (nSPS) is 11.3. The van der Waals surface area contributed by atoms with E-state index in [1.165, 1.54) is 24.5 Å². The van der Waals surface area contributed by atoms with Gasteiger partial charge in [-0.05, 0) is 46.6 Å². The van der Waals surface area contributed by atoms with Gasteiger partial charge in [-0.1, -0.05) is 0 Å². The van der Waals surface area contributed by atoms with Crippen molar-refractivity contribution in [3.8, 4) is 0 Å². The zero-order valence-corrected chi connectivity index (χ0v) is 12.8. The van der Waals surface area contributed by atoms with Crippen LogP contribution in [0.2, 0.25) is 0 Å². The van der Waals surface area contributed by atoms with Gasteiger partial charge in [-0.25, -0.2) is 12.8 Å². The van der Waals surface area contributed by atoms with Gasteiger partial charge in [-0.3, -0.25) is 9.71 Å². The van der Waals surface area contributed by atoms with Crippen molar-refractivity contribution in [3.05, 3.63) is 46.4 Å². The summed E-state index contributed by atoms with van der Waals surface area (Å²) in [5.41, 5.74) is 6.65. The number of nitrogens with zero attached hydrogens (tertiary/aromatic N) is 1. The summed E-state index contributed by atoms with van der Waals surface area (Å²) in [4.78, 5) is 3.34. The lowest BCUT2D eigenvalue weighted by Gasteiger charge is -2.12. The van der Waals surface area contributed by atoms with E-state index in [1.807, 2.05) is 0 Å². The summed E-state index contributed by atoms with van der Waals surface area (Å²) in [6, 6.07) is 3.86. The van der Waals surface area contributed by atoms with Crippen LogP contribution in [0.4, 0.5) is 15.8 Å². The van der Waals surface area contributed by atoms with E-state index >= 15 is 0 Å². The first-order chi connectivity index (χ1) is 9.31. The molecule has 3 N–H and O–H groups in total. The number of hydrogen-bond donors (Lipinski definition) is 2. The molecule has 5 nitrogen and oxygen atoms in total. The number of rotatable bonds is 3. The number of benzene rings is 1. The Balaban J connectivity index is 2.49. The molecule has 0 fully saturated rings. The van der Waals surface area contributed by atoms with Crippen molar-refractivity contribution in [3.63, 3.8) is 0 Å². The Kier molecular flexibility index (Phi) is 3.96. The molecule has 0 bridgehead atoms. The van der Waals surface area contributed by atoms with Gasteiger partial charge in [0, 0.05) is 18.1 Å². The van der Waals surface area contributed by atoms with E-state index < -0.39 is 20.7 Å². The van der Waals surface area contributed by atoms with Crippen molar-refractivity contribution in [2.45, 2.75) is 11.8 Å². The predicted octanol–water partition coefficient (Wildman–Crippen LogP) is 2.67. The van der Waals surface area contributed by atoms with E-state index in [9.17, 15) is 12.8 Å². The minimum Gasteiger partial charge on any atom is -0.399 e. The van der Waals surface area contributed by atoms with Crippen LogP contribution in [-0.2, 0) is 10.0 Å². The maximum absolute atomic E-state index is 13.9. The number of anilines is 2. The summed E-state index contributed by atoms with van der Waals surface area (Å²) in [5, 5.41) is 0. The van der Waals surface area contributed by atoms with E-state index in [2.05, 4.69) is 25.6 Å². The van der Waals surface area contributed by atoms with Crippen molar-refractivity contribution >= 4 is 37.3 Å². The van der Waals surface area contributed by atoms with Crippen molar-refractivity contribution in [2.24, 2.45) is 0 Å². The molecule has 2 rings (SSSR count). The second kappa shape index (κ2) is 5.37. The fraction of sp³-hybridized carbons (Fsp3) is 0.0833. The number of nitrogens with two attached hydrogens (primary N) is 1. The minimum atomic E-state index is -4.07. The average Bonchev–Trinajstić information content (AvgIpc) is 2.36. The molecule has 0 unspecified atom stereocenters. The molecule has 1 aromatic heterocycles. The van der Waals surface area contributed by atoms with Crippen molar-refractivity contribution in [2.75, 3.05) is 10.5 Å². The molecule has 0 aliphatic heterocycles. The van der Waals surface area contributed by atoms with Gasteiger partial charge in [0.1, 0.15) is 4.90 Å². The predicted molar refractivity (Wildman–Crippen MR) is 78.3 cm³/mol. The number of nitrogen functional groups attached to an aromatic ring is 1. The maximum atomic E-state index is 13.9. The Morgan fingerprint density at radius 3 is 2.75 bits per heavy atom. The van der Waals surface area contributed by atoms with Gasteiger partial charge in [-0.2, -0.15) is 0 Å². The van der Waals surface area contributed by atoms with Gasteiger partial charge in [0.15, 0.2) is 5.82 Å². The van der Waals surface area contributed by atoms with Gasteiger partial charge in [0.25, 0.3) is 10.0 Å². The third kappa shape index (κ3) is 2.91. The molecule has 0 amide bonds. The van der Waals surface area contributed by atoms with Gasteiger partial charge in [0.05, 0.1) is 10.2 Å². The molecule has 0 saturated heterocycles. The monoisotopic (exact) mass is 359 g/mol. The highest BCUT2D eigenvalue weighted by Crippen LogP contribution is 2.28. The molecule has 1 heterocycles. The smallest absolute Gasteiger partial charge is 0.264 e. The van der Waals surface area contributed by atoms with Crippen LogP contribution >= 0.6 is 15.9 Å². The Morgan fingerprint density at radius 2 is 2.10 bits per heavy atom. The highest BCUT2D eigenvalue weighted by Gasteiger charge is 2.22. The molecular formula is C12H11BrFN3O2S. The van der Waals surface area contributed by atoms with Crippen LogP contribution in [0.15, 0.2) is 40.0 Å². The zero-order chi connectivity index (χ0) is 14.9. The second-order valence-electron chi connectivity index (χ2n) is 4.11. The van der Waals surface area contributed by atoms with Crippen LogP contribution < -0.4 is 10.5 Å². The fourth-order valence-corrected chi connectivity index (χ4v) is 3.44. The first-order valence-corrected chi connectivity index (χ1v) is 7.77. The molecule has 2 aromatic rings. The molecule has 0 saturated carbocycles. The first kappa shape index (κ1) is 14.7. The van der Waals surface area contributed by atoms with E-state index in [1.54, 1.807) is 6.92 Å². The van der Waals surface area contributed by atoms with E-state index in [-0.39, 0.29) is 10.2 Å². The second-order valence-corrected chi connectivity index (χ2v) is 6.62. The van der Waals surface area contributed by atoms with Crippen LogP contribution in [0.1, 0.15) is 5.56 Å². The zero-order valence-electron chi connectivity index (χ0n) is 10.4. The summed E-state index contributed by atoms with van der Waals surface area (Å²) >= 11 is 2.93. The van der Waals surface area contributed by atoms with Crippen molar-refractivity contribution < 1.29 is 12.8 Å². The Labute approximate surface area is 124 Å². The molecule has 0 spiro atoms. The molecule has 8 heteroatoms. The number of aromatic nitrogens is 1. The summed E-state index contributed by atoms with van der Waals surface area (Å²) < 4.78 is 40.7.